The highest BCUT2D eigenvalue weighted by Gasteiger charge is 2.15. The van der Waals surface area contributed by atoms with Gasteiger partial charge >= 0.3 is 0 Å². The highest BCUT2D eigenvalue weighted by molar-refractivity contribution is 5.49. The van der Waals surface area contributed by atoms with Gasteiger partial charge in [0.1, 0.15) is 5.75 Å². The Morgan fingerprint density at radius 2 is 1.42 bits per heavy atom. The summed E-state index contributed by atoms with van der Waals surface area (Å²) in [7, 11) is 0. The Morgan fingerprint density at radius 1 is 0.789 bits per heavy atom. The maximum atomic E-state index is 6.08. The Balaban J connectivity index is 1.58. The lowest BCUT2D eigenvalue weighted by Crippen LogP contribution is -2.29. The zero-order chi connectivity index (χ0) is 12.9. The van der Waals surface area contributed by atoms with Crippen molar-refractivity contribution in [2.75, 3.05) is 18.0 Å². The van der Waals surface area contributed by atoms with Gasteiger partial charge in [0.25, 0.3) is 0 Å². The smallest absolute Gasteiger partial charge is 0.119 e. The van der Waals surface area contributed by atoms with Gasteiger partial charge in [-0.1, -0.05) is 6.42 Å². The second-order valence-electron chi connectivity index (χ2n) is 5.92. The van der Waals surface area contributed by atoms with E-state index in [-0.39, 0.29) is 0 Å². The van der Waals surface area contributed by atoms with Crippen LogP contribution < -0.4 is 9.64 Å². The van der Waals surface area contributed by atoms with Crippen LogP contribution in [0.3, 0.4) is 0 Å². The zero-order valence-electron chi connectivity index (χ0n) is 11.8. The third-order valence-electron chi connectivity index (χ3n) is 4.41. The molecule has 2 fully saturated rings. The topological polar surface area (TPSA) is 12.5 Å². The van der Waals surface area contributed by atoms with E-state index in [0.717, 1.165) is 5.75 Å². The van der Waals surface area contributed by atoms with E-state index in [9.17, 15) is 0 Å². The normalized spacial score (nSPS) is 21.4. The lowest BCUT2D eigenvalue weighted by Gasteiger charge is -2.29. The number of anilines is 1. The molecule has 1 saturated carbocycles. The molecule has 2 nitrogen and oxygen atoms in total. The maximum Gasteiger partial charge on any atom is 0.119 e. The highest BCUT2D eigenvalue weighted by atomic mass is 16.5. The summed E-state index contributed by atoms with van der Waals surface area (Å²) in [6.07, 6.45) is 11.0. The van der Waals surface area contributed by atoms with E-state index in [1.165, 1.54) is 70.1 Å². The molecule has 104 valence electrons. The molecule has 1 aliphatic carbocycles. The Morgan fingerprint density at radius 3 is 2.11 bits per heavy atom. The maximum absolute atomic E-state index is 6.08. The molecule has 0 aromatic heterocycles. The van der Waals surface area contributed by atoms with E-state index in [1.807, 2.05) is 0 Å². The van der Waals surface area contributed by atoms with Crippen molar-refractivity contribution in [3.05, 3.63) is 24.3 Å². The molecule has 3 rings (SSSR count). The SMILES string of the molecule is c1cc(N2CCCCC2)ccc1OC1CCCCC1. The van der Waals surface area contributed by atoms with Crippen LogP contribution in [0.1, 0.15) is 51.4 Å². The molecular formula is C17H25NO. The molecule has 2 heteroatoms. The predicted octanol–water partition coefficient (Wildman–Crippen LogP) is 4.39. The van der Waals surface area contributed by atoms with Crippen molar-refractivity contribution >= 4 is 5.69 Å². The van der Waals surface area contributed by atoms with Gasteiger partial charge in [-0.2, -0.15) is 0 Å². The van der Waals surface area contributed by atoms with Crippen molar-refractivity contribution in [2.45, 2.75) is 57.5 Å². The molecule has 0 bridgehead atoms. The second kappa shape index (κ2) is 6.31. The number of ether oxygens (including phenoxy) is 1. The molecule has 0 N–H and O–H groups in total. The average molecular weight is 259 g/mol. The van der Waals surface area contributed by atoms with E-state index < -0.39 is 0 Å². The fourth-order valence-corrected chi connectivity index (χ4v) is 3.26. The molecule has 0 unspecified atom stereocenters. The largest absolute Gasteiger partial charge is 0.490 e. The minimum Gasteiger partial charge on any atom is -0.490 e. The van der Waals surface area contributed by atoms with Gasteiger partial charge in [0, 0.05) is 18.8 Å². The average Bonchev–Trinajstić information content (AvgIpc) is 2.50. The van der Waals surface area contributed by atoms with Crippen LogP contribution in [-0.2, 0) is 0 Å². The van der Waals surface area contributed by atoms with Crippen molar-refractivity contribution in [1.29, 1.82) is 0 Å². The summed E-state index contributed by atoms with van der Waals surface area (Å²) < 4.78 is 6.08. The van der Waals surface area contributed by atoms with E-state index in [0.29, 0.717) is 6.10 Å². The van der Waals surface area contributed by atoms with Crippen LogP contribution >= 0.6 is 0 Å². The molecule has 19 heavy (non-hydrogen) atoms. The lowest BCUT2D eigenvalue weighted by atomic mass is 9.98. The number of rotatable bonds is 3. The zero-order valence-corrected chi connectivity index (χ0v) is 11.8. The van der Waals surface area contributed by atoms with Crippen molar-refractivity contribution in [1.82, 2.24) is 0 Å². The Kier molecular flexibility index (Phi) is 4.27. The summed E-state index contributed by atoms with van der Waals surface area (Å²) in [6.45, 7) is 2.42. The highest BCUT2D eigenvalue weighted by Crippen LogP contribution is 2.26. The van der Waals surface area contributed by atoms with Gasteiger partial charge < -0.3 is 9.64 Å². The van der Waals surface area contributed by atoms with E-state index in [2.05, 4.69) is 29.2 Å². The molecule has 0 radical (unpaired) electrons. The van der Waals surface area contributed by atoms with Crippen LogP contribution in [-0.4, -0.2) is 19.2 Å². The summed E-state index contributed by atoms with van der Waals surface area (Å²) >= 11 is 0. The minimum atomic E-state index is 0.453. The molecule has 1 heterocycles. The molecule has 1 aliphatic heterocycles. The Labute approximate surface area is 116 Å². The van der Waals surface area contributed by atoms with E-state index >= 15 is 0 Å². The summed E-state index contributed by atoms with van der Waals surface area (Å²) in [6, 6.07) is 8.75. The first-order chi connectivity index (χ1) is 9.42. The van der Waals surface area contributed by atoms with Crippen LogP contribution in [0.2, 0.25) is 0 Å². The molecule has 1 saturated heterocycles. The van der Waals surface area contributed by atoms with Gasteiger partial charge in [-0.25, -0.2) is 0 Å². The number of hydrogen-bond donors (Lipinski definition) is 0. The third kappa shape index (κ3) is 3.43. The Hall–Kier alpha value is -1.18. The van der Waals surface area contributed by atoms with Crippen LogP contribution in [0.15, 0.2) is 24.3 Å². The molecule has 2 aliphatic rings. The van der Waals surface area contributed by atoms with Crippen LogP contribution in [0.25, 0.3) is 0 Å². The number of benzene rings is 1. The van der Waals surface area contributed by atoms with Gasteiger partial charge in [0.15, 0.2) is 0 Å². The summed E-state index contributed by atoms with van der Waals surface area (Å²) in [5, 5.41) is 0. The minimum absolute atomic E-state index is 0.453. The summed E-state index contributed by atoms with van der Waals surface area (Å²) in [5.41, 5.74) is 1.36. The van der Waals surface area contributed by atoms with Gasteiger partial charge in [-0.15, -0.1) is 0 Å². The fraction of sp³-hybridized carbons (Fsp3) is 0.647. The Bertz CT molecular complexity index is 375. The number of piperidine rings is 1. The molecule has 0 spiro atoms. The molecule has 1 aromatic rings. The molecule has 0 amide bonds. The first kappa shape index (κ1) is 12.8. The quantitative estimate of drug-likeness (QED) is 0.798. The second-order valence-corrected chi connectivity index (χ2v) is 5.92. The van der Waals surface area contributed by atoms with E-state index in [4.69, 9.17) is 4.74 Å². The number of nitrogens with zero attached hydrogens (tertiary/aromatic N) is 1. The van der Waals surface area contributed by atoms with Gasteiger partial charge in [-0.05, 0) is 69.2 Å². The van der Waals surface area contributed by atoms with Crippen LogP contribution in [0.4, 0.5) is 5.69 Å². The van der Waals surface area contributed by atoms with Gasteiger partial charge in [0.05, 0.1) is 6.10 Å². The lowest BCUT2D eigenvalue weighted by molar-refractivity contribution is 0.155. The monoisotopic (exact) mass is 259 g/mol. The van der Waals surface area contributed by atoms with E-state index in [1.54, 1.807) is 0 Å². The summed E-state index contributed by atoms with van der Waals surface area (Å²) in [5.74, 6) is 1.05. The van der Waals surface area contributed by atoms with Crippen molar-refractivity contribution in [3.8, 4) is 5.75 Å². The van der Waals surface area contributed by atoms with Crippen molar-refractivity contribution in [3.63, 3.8) is 0 Å². The van der Waals surface area contributed by atoms with Gasteiger partial charge in [0.2, 0.25) is 0 Å². The molecular weight excluding hydrogens is 234 g/mol. The standard InChI is InChI=1S/C17H25NO/c1-3-7-16(8-4-1)19-17-11-9-15(10-12-17)18-13-5-2-6-14-18/h9-12,16H,1-8,13-14H2. The third-order valence-corrected chi connectivity index (χ3v) is 4.41. The van der Waals surface area contributed by atoms with Crippen molar-refractivity contribution < 1.29 is 4.74 Å². The fourth-order valence-electron chi connectivity index (χ4n) is 3.26. The first-order valence-electron chi connectivity index (χ1n) is 7.93. The molecule has 0 atom stereocenters. The number of hydrogen-bond acceptors (Lipinski definition) is 2. The van der Waals surface area contributed by atoms with Crippen molar-refractivity contribution in [2.24, 2.45) is 0 Å². The predicted molar refractivity (Wildman–Crippen MR) is 80.0 cm³/mol. The van der Waals surface area contributed by atoms with Crippen LogP contribution in [0, 0.1) is 0 Å². The summed E-state index contributed by atoms with van der Waals surface area (Å²) in [4.78, 5) is 2.49. The van der Waals surface area contributed by atoms with Crippen LogP contribution in [0.5, 0.6) is 5.75 Å². The molecule has 1 aromatic carbocycles. The van der Waals surface area contributed by atoms with Gasteiger partial charge in [-0.3, -0.25) is 0 Å². The first-order valence-corrected chi connectivity index (χ1v) is 7.93.